The van der Waals surface area contributed by atoms with Crippen LogP contribution >= 0.6 is 23.2 Å². The molecule has 0 saturated carbocycles. The van der Waals surface area contributed by atoms with Crippen molar-refractivity contribution in [3.63, 3.8) is 0 Å². The molecular formula is C20H22Cl2N2O4. The lowest BCUT2D eigenvalue weighted by Gasteiger charge is -2.18. The molecule has 0 heterocycles. The Morgan fingerprint density at radius 2 is 1.89 bits per heavy atom. The van der Waals surface area contributed by atoms with Crippen LogP contribution in [0.2, 0.25) is 10.0 Å². The highest BCUT2D eigenvalue weighted by atomic mass is 35.5. The number of methoxy groups -OCH3 is 1. The molecule has 8 heteroatoms. The fourth-order valence-corrected chi connectivity index (χ4v) is 2.60. The Labute approximate surface area is 174 Å². The number of halogens is 2. The zero-order valence-corrected chi connectivity index (χ0v) is 17.6. The van der Waals surface area contributed by atoms with E-state index in [-0.39, 0.29) is 6.61 Å². The van der Waals surface area contributed by atoms with Gasteiger partial charge in [0.1, 0.15) is 12.2 Å². The van der Waals surface area contributed by atoms with Crippen LogP contribution in [0.15, 0.2) is 41.5 Å². The van der Waals surface area contributed by atoms with Crippen LogP contribution in [0.25, 0.3) is 0 Å². The smallest absolute Gasteiger partial charge is 0.428 e. The molecule has 0 saturated heterocycles. The highest BCUT2D eigenvalue weighted by Crippen LogP contribution is 2.29. The second-order valence-electron chi connectivity index (χ2n) is 6.81. The Morgan fingerprint density at radius 1 is 1.14 bits per heavy atom. The molecule has 2 aromatic rings. The van der Waals surface area contributed by atoms with Crippen molar-refractivity contribution < 1.29 is 19.0 Å². The number of rotatable bonds is 6. The van der Waals surface area contributed by atoms with Gasteiger partial charge in [-0.25, -0.2) is 10.2 Å². The van der Waals surface area contributed by atoms with Crippen LogP contribution in [-0.4, -0.2) is 25.0 Å². The van der Waals surface area contributed by atoms with E-state index < -0.39 is 11.7 Å². The van der Waals surface area contributed by atoms with Gasteiger partial charge in [0.15, 0.2) is 11.5 Å². The monoisotopic (exact) mass is 424 g/mol. The summed E-state index contributed by atoms with van der Waals surface area (Å²) in [6.07, 6.45) is 0.849. The Bertz CT molecular complexity index is 864. The summed E-state index contributed by atoms with van der Waals surface area (Å²) in [5.41, 5.74) is 3.24. The van der Waals surface area contributed by atoms with E-state index in [4.69, 9.17) is 37.4 Å². The van der Waals surface area contributed by atoms with E-state index in [0.29, 0.717) is 27.1 Å². The maximum Gasteiger partial charge on any atom is 0.428 e. The predicted molar refractivity (Wildman–Crippen MR) is 111 cm³/mol. The minimum Gasteiger partial charge on any atom is -0.493 e. The molecule has 150 valence electrons. The van der Waals surface area contributed by atoms with Crippen LogP contribution in [0.5, 0.6) is 11.5 Å². The molecule has 0 unspecified atom stereocenters. The van der Waals surface area contributed by atoms with Gasteiger partial charge in [0.2, 0.25) is 0 Å². The summed E-state index contributed by atoms with van der Waals surface area (Å²) in [5, 5.41) is 4.96. The molecule has 28 heavy (non-hydrogen) atoms. The fraction of sp³-hybridized carbons (Fsp3) is 0.300. The molecule has 6 nitrogen and oxygen atoms in total. The van der Waals surface area contributed by atoms with Gasteiger partial charge in [-0.1, -0.05) is 29.3 Å². The first-order valence-electron chi connectivity index (χ1n) is 8.45. The number of hydrazone groups is 1. The van der Waals surface area contributed by atoms with E-state index in [1.807, 2.05) is 0 Å². The van der Waals surface area contributed by atoms with Gasteiger partial charge < -0.3 is 14.2 Å². The zero-order chi connectivity index (χ0) is 20.7. The molecule has 0 aliphatic heterocycles. The molecule has 1 N–H and O–H groups in total. The number of nitrogens with one attached hydrogen (secondary N) is 1. The first-order valence-corrected chi connectivity index (χ1v) is 9.20. The number of nitrogens with zero attached hydrogens (tertiary/aromatic N) is 1. The van der Waals surface area contributed by atoms with E-state index in [1.54, 1.807) is 57.2 Å². The molecular weight excluding hydrogens is 403 g/mol. The third-order valence-corrected chi connectivity index (χ3v) is 3.94. The van der Waals surface area contributed by atoms with Crippen molar-refractivity contribution in [3.8, 4) is 11.5 Å². The Kier molecular flexibility index (Phi) is 7.54. The summed E-state index contributed by atoms with van der Waals surface area (Å²) in [5.74, 6) is 1.07. The van der Waals surface area contributed by atoms with Crippen molar-refractivity contribution in [3.05, 3.63) is 57.6 Å². The molecule has 0 aliphatic rings. The average molecular weight is 425 g/mol. The third kappa shape index (κ3) is 6.94. The van der Waals surface area contributed by atoms with Crippen molar-refractivity contribution in [1.29, 1.82) is 0 Å². The predicted octanol–water partition coefficient (Wildman–Crippen LogP) is 5.44. The number of carbonyl (C=O) groups excluding carboxylic acids is 1. The quantitative estimate of drug-likeness (QED) is 0.494. The van der Waals surface area contributed by atoms with Crippen LogP contribution in [0.4, 0.5) is 4.79 Å². The van der Waals surface area contributed by atoms with Crippen LogP contribution < -0.4 is 14.9 Å². The molecule has 0 atom stereocenters. The van der Waals surface area contributed by atoms with Gasteiger partial charge in [0.05, 0.1) is 13.3 Å². The van der Waals surface area contributed by atoms with E-state index in [2.05, 4.69) is 10.5 Å². The summed E-state index contributed by atoms with van der Waals surface area (Å²) in [6, 6.07) is 10.5. The van der Waals surface area contributed by atoms with Crippen molar-refractivity contribution in [2.75, 3.05) is 7.11 Å². The second kappa shape index (κ2) is 9.66. The van der Waals surface area contributed by atoms with Gasteiger partial charge in [-0.3, -0.25) is 0 Å². The largest absolute Gasteiger partial charge is 0.493 e. The number of carbonyl (C=O) groups is 1. The summed E-state index contributed by atoms with van der Waals surface area (Å²) in [6.45, 7) is 5.59. The van der Waals surface area contributed by atoms with Crippen molar-refractivity contribution in [2.24, 2.45) is 5.10 Å². The van der Waals surface area contributed by atoms with Gasteiger partial charge in [0.25, 0.3) is 0 Å². The average Bonchev–Trinajstić information content (AvgIpc) is 2.60. The number of amides is 1. The maximum absolute atomic E-state index is 11.6. The normalized spacial score (nSPS) is 11.4. The van der Waals surface area contributed by atoms with Gasteiger partial charge in [-0.15, -0.1) is 0 Å². The lowest BCUT2D eigenvalue weighted by molar-refractivity contribution is 0.0529. The molecule has 0 aliphatic carbocycles. The van der Waals surface area contributed by atoms with Crippen molar-refractivity contribution in [1.82, 2.24) is 5.43 Å². The van der Waals surface area contributed by atoms with Crippen molar-refractivity contribution >= 4 is 35.5 Å². The molecule has 0 spiro atoms. The molecule has 0 radical (unpaired) electrons. The Hall–Kier alpha value is -2.44. The van der Waals surface area contributed by atoms with E-state index in [0.717, 1.165) is 5.56 Å². The van der Waals surface area contributed by atoms with Crippen LogP contribution in [0.1, 0.15) is 31.9 Å². The van der Waals surface area contributed by atoms with E-state index >= 15 is 0 Å². The SMILES string of the molecule is COc1cc(C=NNC(=O)OC(C)(C)C)ccc1OCc1ccc(Cl)cc1Cl. The minimum atomic E-state index is -0.629. The number of benzene rings is 2. The van der Waals surface area contributed by atoms with Crippen LogP contribution in [0.3, 0.4) is 0 Å². The highest BCUT2D eigenvalue weighted by molar-refractivity contribution is 6.35. The molecule has 2 aromatic carbocycles. The lowest BCUT2D eigenvalue weighted by atomic mass is 10.2. The summed E-state index contributed by atoms with van der Waals surface area (Å²) in [7, 11) is 1.54. The number of hydrogen-bond acceptors (Lipinski definition) is 5. The maximum atomic E-state index is 11.6. The Balaban J connectivity index is 2.01. The number of ether oxygens (including phenoxy) is 3. The summed E-state index contributed by atoms with van der Waals surface area (Å²) >= 11 is 12.1. The third-order valence-electron chi connectivity index (χ3n) is 3.35. The van der Waals surface area contributed by atoms with Gasteiger partial charge in [-0.2, -0.15) is 5.10 Å². The van der Waals surface area contributed by atoms with E-state index in [9.17, 15) is 4.79 Å². The highest BCUT2D eigenvalue weighted by Gasteiger charge is 2.15. The number of hydrogen-bond donors (Lipinski definition) is 1. The Morgan fingerprint density at radius 3 is 2.54 bits per heavy atom. The van der Waals surface area contributed by atoms with E-state index in [1.165, 1.54) is 13.3 Å². The first kappa shape index (κ1) is 21.9. The van der Waals surface area contributed by atoms with Crippen LogP contribution in [0, 0.1) is 0 Å². The second-order valence-corrected chi connectivity index (χ2v) is 7.65. The van der Waals surface area contributed by atoms with Crippen molar-refractivity contribution in [2.45, 2.75) is 33.0 Å². The zero-order valence-electron chi connectivity index (χ0n) is 16.1. The van der Waals surface area contributed by atoms with Gasteiger partial charge in [0, 0.05) is 15.6 Å². The molecule has 0 fully saturated rings. The fourth-order valence-electron chi connectivity index (χ4n) is 2.14. The standard InChI is InChI=1S/C20H22Cl2N2O4/c1-20(2,3)28-19(25)24-23-11-13-5-8-17(18(9-13)26-4)27-12-14-6-7-15(21)10-16(14)22/h5-11H,12H2,1-4H3,(H,24,25). The minimum absolute atomic E-state index is 0.264. The molecule has 1 amide bonds. The molecule has 2 rings (SSSR count). The first-order chi connectivity index (χ1) is 13.2. The topological polar surface area (TPSA) is 69.2 Å². The van der Waals surface area contributed by atoms with Gasteiger partial charge >= 0.3 is 6.09 Å². The summed E-state index contributed by atoms with van der Waals surface area (Å²) in [4.78, 5) is 11.6. The lowest BCUT2D eigenvalue weighted by Crippen LogP contribution is -2.29. The van der Waals surface area contributed by atoms with Crippen LogP contribution in [-0.2, 0) is 11.3 Å². The summed E-state index contributed by atoms with van der Waals surface area (Å²) < 4.78 is 16.3. The van der Waals surface area contributed by atoms with Gasteiger partial charge in [-0.05, 0) is 56.7 Å². The molecule has 0 aromatic heterocycles. The molecule has 0 bridgehead atoms.